The van der Waals surface area contributed by atoms with Crippen molar-refractivity contribution in [3.05, 3.63) is 120 Å². The van der Waals surface area contributed by atoms with Gasteiger partial charge in [-0.1, -0.05) is 60.7 Å². The third kappa shape index (κ3) is 5.94. The number of aliphatic hydroxyl groups is 1. The number of hydrogen-bond donors (Lipinski definition) is 1. The number of carbonyl (C=O) groups excluding carboxylic acids is 3. The van der Waals surface area contributed by atoms with Crippen LogP contribution in [0.2, 0.25) is 0 Å². The minimum Gasteiger partial charge on any atom is -0.459 e. The summed E-state index contributed by atoms with van der Waals surface area (Å²) in [6, 6.07) is 24.7. The zero-order valence-electron chi connectivity index (χ0n) is 19.9. The largest absolute Gasteiger partial charge is 0.459 e. The molecule has 3 aromatic rings. The van der Waals surface area contributed by atoms with E-state index >= 15 is 0 Å². The van der Waals surface area contributed by atoms with Crippen LogP contribution in [0.3, 0.4) is 0 Å². The van der Waals surface area contributed by atoms with Crippen LogP contribution in [0.1, 0.15) is 37.5 Å². The van der Waals surface area contributed by atoms with Crippen molar-refractivity contribution in [1.29, 1.82) is 0 Å². The first-order valence-electron chi connectivity index (χ1n) is 11.7. The van der Waals surface area contributed by atoms with Crippen molar-refractivity contribution in [3.63, 3.8) is 0 Å². The average molecular weight is 503 g/mol. The molecule has 4 atom stereocenters. The van der Waals surface area contributed by atoms with Crippen LogP contribution in [0.4, 0.5) is 0 Å². The van der Waals surface area contributed by atoms with Crippen LogP contribution < -0.4 is 0 Å². The van der Waals surface area contributed by atoms with Gasteiger partial charge in [-0.05, 0) is 36.4 Å². The maximum Gasteiger partial charge on any atom is 0.340 e. The number of esters is 3. The molecule has 0 aliphatic carbocycles. The molecule has 1 aliphatic heterocycles. The van der Waals surface area contributed by atoms with E-state index in [1.54, 1.807) is 91.0 Å². The smallest absolute Gasteiger partial charge is 0.340 e. The van der Waals surface area contributed by atoms with Gasteiger partial charge >= 0.3 is 17.9 Å². The Morgan fingerprint density at radius 1 is 0.784 bits per heavy atom. The van der Waals surface area contributed by atoms with Gasteiger partial charge < -0.3 is 24.1 Å². The first-order chi connectivity index (χ1) is 17.9. The maximum absolute atomic E-state index is 12.9. The van der Waals surface area contributed by atoms with E-state index in [9.17, 15) is 19.5 Å². The summed E-state index contributed by atoms with van der Waals surface area (Å²) in [5, 5.41) is 11.7. The van der Waals surface area contributed by atoms with E-state index in [2.05, 4.69) is 6.58 Å². The summed E-state index contributed by atoms with van der Waals surface area (Å²) in [7, 11) is 0. The molecule has 37 heavy (non-hydrogen) atoms. The Balaban J connectivity index is 1.59. The van der Waals surface area contributed by atoms with Crippen molar-refractivity contribution < 1.29 is 38.4 Å². The van der Waals surface area contributed by atoms with Crippen LogP contribution >= 0.6 is 0 Å². The summed E-state index contributed by atoms with van der Waals surface area (Å²) in [6.07, 6.45) is -2.77. The lowest BCUT2D eigenvalue weighted by atomic mass is 9.91. The van der Waals surface area contributed by atoms with Gasteiger partial charge in [0, 0.05) is 6.42 Å². The Hall–Kier alpha value is -4.27. The van der Waals surface area contributed by atoms with Crippen LogP contribution in [0.5, 0.6) is 0 Å². The van der Waals surface area contributed by atoms with Crippen molar-refractivity contribution in [1.82, 2.24) is 0 Å². The molecular weight excluding hydrogens is 476 g/mol. The quantitative estimate of drug-likeness (QED) is 0.266. The van der Waals surface area contributed by atoms with E-state index < -0.39 is 42.0 Å². The standard InChI is InChI=1S/C29H26O8/c1-2-18-29(33)24(36-26(31)21-14-8-4-9-15-21)23(19-34-25(30)20-12-6-3-7-13-20)35-28(29)37-27(32)22-16-10-5-11-17-22/h2-17,23-24,28,33H,1,18-19H2. The Labute approximate surface area is 214 Å². The SMILES string of the molecule is C=CCC1(O)C(OC(=O)c2ccccc2)OC(COC(=O)c2ccccc2)C1OC(=O)c1ccccc1. The molecule has 3 aromatic carbocycles. The van der Waals surface area contributed by atoms with Crippen molar-refractivity contribution in [2.24, 2.45) is 0 Å². The van der Waals surface area contributed by atoms with Crippen molar-refractivity contribution >= 4 is 17.9 Å². The van der Waals surface area contributed by atoms with Crippen LogP contribution in [-0.4, -0.2) is 53.7 Å². The first kappa shape index (κ1) is 25.8. The topological polar surface area (TPSA) is 108 Å². The highest BCUT2D eigenvalue weighted by Crippen LogP contribution is 2.38. The lowest BCUT2D eigenvalue weighted by Gasteiger charge is -2.31. The molecule has 190 valence electrons. The molecule has 4 rings (SSSR count). The molecule has 1 fully saturated rings. The molecule has 1 heterocycles. The highest BCUT2D eigenvalue weighted by atomic mass is 16.7. The maximum atomic E-state index is 12.9. The molecule has 0 aromatic heterocycles. The lowest BCUT2D eigenvalue weighted by Crippen LogP contribution is -2.51. The van der Waals surface area contributed by atoms with Gasteiger partial charge in [-0.15, -0.1) is 6.58 Å². The van der Waals surface area contributed by atoms with E-state index in [4.69, 9.17) is 18.9 Å². The second-order valence-electron chi connectivity index (χ2n) is 8.42. The molecule has 0 spiro atoms. The van der Waals surface area contributed by atoms with Gasteiger partial charge in [0.2, 0.25) is 6.29 Å². The molecule has 1 N–H and O–H groups in total. The summed E-state index contributed by atoms with van der Waals surface area (Å²) < 4.78 is 22.5. The molecule has 4 unspecified atom stereocenters. The second-order valence-corrected chi connectivity index (χ2v) is 8.42. The van der Waals surface area contributed by atoms with E-state index in [-0.39, 0.29) is 24.2 Å². The molecule has 1 saturated heterocycles. The van der Waals surface area contributed by atoms with Crippen molar-refractivity contribution in [3.8, 4) is 0 Å². The van der Waals surface area contributed by atoms with Crippen LogP contribution in [0, 0.1) is 0 Å². The summed E-state index contributed by atoms with van der Waals surface area (Å²) in [6.45, 7) is 3.29. The van der Waals surface area contributed by atoms with Crippen LogP contribution in [0.15, 0.2) is 104 Å². The van der Waals surface area contributed by atoms with Gasteiger partial charge in [0.15, 0.2) is 11.7 Å². The van der Waals surface area contributed by atoms with Crippen LogP contribution in [0.25, 0.3) is 0 Å². The monoisotopic (exact) mass is 502 g/mol. The van der Waals surface area contributed by atoms with Gasteiger partial charge in [0.25, 0.3) is 0 Å². The molecule has 1 aliphatic rings. The fourth-order valence-electron chi connectivity index (χ4n) is 3.99. The van der Waals surface area contributed by atoms with E-state index in [0.29, 0.717) is 5.56 Å². The second kappa shape index (κ2) is 11.6. The third-order valence-corrected chi connectivity index (χ3v) is 5.86. The normalized spacial score (nSPS) is 22.6. The van der Waals surface area contributed by atoms with Gasteiger partial charge in [0.1, 0.15) is 12.7 Å². The highest BCUT2D eigenvalue weighted by molar-refractivity contribution is 5.90. The molecule has 0 bridgehead atoms. The Morgan fingerprint density at radius 3 is 1.73 bits per heavy atom. The highest BCUT2D eigenvalue weighted by Gasteiger charge is 2.60. The summed E-state index contributed by atoms with van der Waals surface area (Å²) in [5.41, 5.74) is -1.20. The Morgan fingerprint density at radius 2 is 1.24 bits per heavy atom. The Bertz CT molecular complexity index is 1230. The molecule has 8 nitrogen and oxygen atoms in total. The zero-order chi connectivity index (χ0) is 26.3. The Kier molecular flexibility index (Phi) is 8.12. The molecule has 0 radical (unpaired) electrons. The van der Waals surface area contributed by atoms with Crippen molar-refractivity contribution in [2.45, 2.75) is 30.5 Å². The minimum atomic E-state index is -2.00. The first-order valence-corrected chi connectivity index (χ1v) is 11.7. The molecule has 0 amide bonds. The van der Waals surface area contributed by atoms with E-state index in [0.717, 1.165) is 0 Å². The number of benzene rings is 3. The van der Waals surface area contributed by atoms with Crippen molar-refractivity contribution in [2.75, 3.05) is 6.61 Å². The van der Waals surface area contributed by atoms with Crippen LogP contribution in [-0.2, 0) is 18.9 Å². The number of rotatable bonds is 9. The number of hydrogen-bond acceptors (Lipinski definition) is 8. The summed E-state index contributed by atoms with van der Waals surface area (Å²) in [5.74, 6) is -2.11. The summed E-state index contributed by atoms with van der Waals surface area (Å²) >= 11 is 0. The number of carbonyl (C=O) groups is 3. The zero-order valence-corrected chi connectivity index (χ0v) is 19.9. The van der Waals surface area contributed by atoms with E-state index in [1.807, 2.05) is 0 Å². The average Bonchev–Trinajstić information content (AvgIpc) is 3.18. The fourth-order valence-corrected chi connectivity index (χ4v) is 3.99. The lowest BCUT2D eigenvalue weighted by molar-refractivity contribution is -0.178. The molecular formula is C29H26O8. The van der Waals surface area contributed by atoms with Gasteiger partial charge in [-0.2, -0.15) is 0 Å². The molecule has 8 heteroatoms. The summed E-state index contributed by atoms with van der Waals surface area (Å²) in [4.78, 5) is 38.2. The third-order valence-electron chi connectivity index (χ3n) is 5.86. The fraction of sp³-hybridized carbons (Fsp3) is 0.207. The minimum absolute atomic E-state index is 0.143. The number of ether oxygens (including phenoxy) is 4. The molecule has 0 saturated carbocycles. The van der Waals surface area contributed by atoms with E-state index in [1.165, 1.54) is 6.08 Å². The van der Waals surface area contributed by atoms with Gasteiger partial charge in [0.05, 0.1) is 16.7 Å². The predicted octanol–water partition coefficient (Wildman–Crippen LogP) is 3.96. The predicted molar refractivity (Wildman–Crippen MR) is 133 cm³/mol. The van der Waals surface area contributed by atoms with Gasteiger partial charge in [-0.3, -0.25) is 0 Å². The van der Waals surface area contributed by atoms with Gasteiger partial charge in [-0.25, -0.2) is 14.4 Å².